The number of carbonyl (C=O) groups excluding carboxylic acids is 3. The summed E-state index contributed by atoms with van der Waals surface area (Å²) >= 11 is 3.94. The van der Waals surface area contributed by atoms with Gasteiger partial charge in [-0.3, -0.25) is 14.5 Å². The van der Waals surface area contributed by atoms with Gasteiger partial charge in [-0.25, -0.2) is 14.3 Å². The first-order valence-corrected chi connectivity index (χ1v) is 13.7. The zero-order chi connectivity index (χ0) is 26.0. The summed E-state index contributed by atoms with van der Waals surface area (Å²) in [5, 5.41) is 30.8. The molecule has 1 fully saturated rings. The molecular weight excluding hydrogens is 528 g/mol. The molecule has 4 amide bonds. The molecule has 4 rings (SSSR count). The van der Waals surface area contributed by atoms with Gasteiger partial charge in [-0.05, 0) is 41.3 Å². The summed E-state index contributed by atoms with van der Waals surface area (Å²) < 4.78 is 1.48. The van der Waals surface area contributed by atoms with Crippen molar-refractivity contribution >= 4 is 58.7 Å². The van der Waals surface area contributed by atoms with Crippen LogP contribution in [-0.4, -0.2) is 83.0 Å². The summed E-state index contributed by atoms with van der Waals surface area (Å²) in [7, 11) is 1.68. The molecule has 4 N–H and O–H groups in total. The molecule has 0 spiro atoms. The van der Waals surface area contributed by atoms with Gasteiger partial charge >= 0.3 is 12.0 Å². The molecule has 2 aromatic heterocycles. The summed E-state index contributed by atoms with van der Waals surface area (Å²) in [6.45, 7) is 3.60. The van der Waals surface area contributed by atoms with Crippen molar-refractivity contribution in [2.24, 2.45) is 7.05 Å². The van der Waals surface area contributed by atoms with Crippen LogP contribution in [0.4, 0.5) is 4.79 Å². The molecule has 36 heavy (non-hydrogen) atoms. The number of carbonyl (C=O) groups is 4. The van der Waals surface area contributed by atoms with Gasteiger partial charge in [-0.15, -0.1) is 28.2 Å². The lowest BCUT2D eigenvalue weighted by Gasteiger charge is -2.49. The molecule has 2 aliphatic rings. The number of thioether (sulfide) groups is 2. The van der Waals surface area contributed by atoms with E-state index in [4.69, 9.17) is 0 Å². The van der Waals surface area contributed by atoms with Gasteiger partial charge in [0.25, 0.3) is 5.91 Å². The van der Waals surface area contributed by atoms with Crippen LogP contribution < -0.4 is 16.0 Å². The number of nitrogens with zero attached hydrogens (tertiary/aromatic N) is 5. The largest absolute Gasteiger partial charge is 0.477 e. The topological polar surface area (TPSA) is 171 Å². The number of tetrazole rings is 1. The van der Waals surface area contributed by atoms with E-state index in [1.54, 1.807) is 38.4 Å². The maximum atomic E-state index is 13.2. The monoisotopic (exact) mass is 552 g/mol. The SMILES string of the molecule is CC(C)NC(=O)NC(C(=O)N[C@H]1C(=O)N2C(C(=O)O)=C(CSc3nnnn3C)CSC12)c1cccs1. The highest BCUT2D eigenvalue weighted by molar-refractivity contribution is 8.01. The number of aryl methyl sites for hydroxylation is 1. The van der Waals surface area contributed by atoms with Gasteiger partial charge in [0.2, 0.25) is 11.1 Å². The summed E-state index contributed by atoms with van der Waals surface area (Å²) in [6, 6.07) is 0.929. The zero-order valence-electron chi connectivity index (χ0n) is 19.5. The van der Waals surface area contributed by atoms with E-state index in [-0.39, 0.29) is 11.7 Å². The van der Waals surface area contributed by atoms with Crippen LogP contribution in [0.2, 0.25) is 0 Å². The van der Waals surface area contributed by atoms with Gasteiger partial charge in [0.1, 0.15) is 23.2 Å². The second-order valence-corrected chi connectivity index (χ2v) is 11.3. The lowest BCUT2D eigenvalue weighted by molar-refractivity contribution is -0.150. The quantitative estimate of drug-likeness (QED) is 0.254. The number of amides is 4. The van der Waals surface area contributed by atoms with E-state index in [1.807, 2.05) is 0 Å². The third-order valence-electron chi connectivity index (χ3n) is 5.29. The third-order valence-corrected chi connectivity index (χ3v) is 8.66. The summed E-state index contributed by atoms with van der Waals surface area (Å²) in [5.74, 6) is -1.62. The van der Waals surface area contributed by atoms with Crippen molar-refractivity contribution in [2.45, 2.75) is 42.5 Å². The molecule has 2 aliphatic heterocycles. The number of urea groups is 1. The van der Waals surface area contributed by atoms with E-state index in [0.29, 0.717) is 27.1 Å². The van der Waals surface area contributed by atoms with E-state index >= 15 is 0 Å². The van der Waals surface area contributed by atoms with Crippen molar-refractivity contribution in [1.82, 2.24) is 41.1 Å². The Bertz CT molecular complexity index is 1200. The van der Waals surface area contributed by atoms with Crippen LogP contribution in [-0.2, 0) is 21.4 Å². The lowest BCUT2D eigenvalue weighted by atomic mass is 10.0. The van der Waals surface area contributed by atoms with Gasteiger partial charge in [0, 0.05) is 29.5 Å². The molecule has 192 valence electrons. The van der Waals surface area contributed by atoms with Gasteiger partial charge in [0.15, 0.2) is 0 Å². The Balaban J connectivity index is 1.47. The van der Waals surface area contributed by atoms with E-state index in [9.17, 15) is 24.3 Å². The number of nitrogens with one attached hydrogen (secondary N) is 3. The first kappa shape index (κ1) is 26.0. The van der Waals surface area contributed by atoms with Crippen molar-refractivity contribution in [3.05, 3.63) is 33.7 Å². The van der Waals surface area contributed by atoms with Crippen LogP contribution in [0.3, 0.4) is 0 Å². The van der Waals surface area contributed by atoms with Crippen LogP contribution in [0.1, 0.15) is 24.8 Å². The predicted octanol–water partition coefficient (Wildman–Crippen LogP) is 0.551. The first-order chi connectivity index (χ1) is 17.2. The van der Waals surface area contributed by atoms with Crippen LogP contribution in [0.25, 0.3) is 0 Å². The summed E-state index contributed by atoms with van der Waals surface area (Å²) in [4.78, 5) is 52.3. The van der Waals surface area contributed by atoms with Crippen LogP contribution in [0.5, 0.6) is 0 Å². The second-order valence-electron chi connectivity index (χ2n) is 8.25. The number of β-lactam (4-membered cyclic amide) rings is 1. The molecule has 0 aliphatic carbocycles. The number of fused-ring (bicyclic) bond motifs is 1. The molecule has 16 heteroatoms. The minimum atomic E-state index is -1.21. The lowest BCUT2D eigenvalue weighted by Crippen LogP contribution is -2.71. The second kappa shape index (κ2) is 10.9. The predicted molar refractivity (Wildman–Crippen MR) is 133 cm³/mol. The molecule has 4 heterocycles. The molecular formula is C20H24N8O5S3. The average Bonchev–Trinajstić information content (AvgIpc) is 3.50. The van der Waals surface area contributed by atoms with E-state index in [0.717, 1.165) is 0 Å². The molecule has 0 aromatic carbocycles. The number of thiophene rings is 1. The molecule has 2 unspecified atom stereocenters. The van der Waals surface area contributed by atoms with Crippen LogP contribution in [0.15, 0.2) is 33.9 Å². The Morgan fingerprint density at radius 2 is 2.08 bits per heavy atom. The standard InChI is InChI=1S/C20H24N8O5S3/c1-9(2)21-19(33)23-12(11-5-4-6-34-11)15(29)22-13-16(30)28-14(18(31)32)10(7-35-17(13)28)8-36-20-24-25-26-27(20)3/h4-6,9,12-13,17H,7-8H2,1-3H3,(H,22,29)(H,31,32)(H2,21,23,33)/t12?,13-,17?/m0/s1. The highest BCUT2D eigenvalue weighted by Crippen LogP contribution is 2.41. The van der Waals surface area contributed by atoms with E-state index < -0.39 is 41.3 Å². The number of aliphatic carboxylic acids is 1. The third kappa shape index (κ3) is 5.34. The normalized spacial score (nSPS) is 20.0. The zero-order valence-corrected chi connectivity index (χ0v) is 21.9. The average molecular weight is 553 g/mol. The number of hydrogen-bond acceptors (Lipinski definition) is 10. The molecule has 3 atom stereocenters. The highest BCUT2D eigenvalue weighted by atomic mass is 32.2. The fourth-order valence-corrected chi connectivity index (χ4v) is 6.79. The van der Waals surface area contributed by atoms with Crippen LogP contribution in [0, 0.1) is 0 Å². The maximum absolute atomic E-state index is 13.2. The van der Waals surface area contributed by atoms with Gasteiger partial charge in [-0.2, -0.15) is 0 Å². The minimum Gasteiger partial charge on any atom is -0.477 e. The maximum Gasteiger partial charge on any atom is 0.352 e. The fraction of sp³-hybridized carbons (Fsp3) is 0.450. The van der Waals surface area contributed by atoms with Gasteiger partial charge in [-0.1, -0.05) is 17.8 Å². The number of carboxylic acids is 1. The van der Waals surface area contributed by atoms with E-state index in [2.05, 4.69) is 31.5 Å². The smallest absolute Gasteiger partial charge is 0.352 e. The van der Waals surface area contributed by atoms with Crippen LogP contribution >= 0.6 is 34.9 Å². The minimum absolute atomic E-state index is 0.0823. The Labute approximate surface area is 218 Å². The fourth-order valence-electron chi connectivity index (χ4n) is 3.68. The molecule has 0 bridgehead atoms. The number of carboxylic acid groups (broad SMARTS) is 1. The molecule has 0 radical (unpaired) electrons. The van der Waals surface area contributed by atoms with Crippen molar-refractivity contribution in [1.29, 1.82) is 0 Å². The number of hydrogen-bond donors (Lipinski definition) is 4. The van der Waals surface area contributed by atoms with Gasteiger partial charge in [0.05, 0.1) is 0 Å². The Kier molecular flexibility index (Phi) is 7.85. The molecule has 1 saturated heterocycles. The van der Waals surface area contributed by atoms with Gasteiger partial charge < -0.3 is 21.1 Å². The van der Waals surface area contributed by atoms with E-state index in [1.165, 1.54) is 44.4 Å². The van der Waals surface area contributed by atoms with Crippen molar-refractivity contribution in [2.75, 3.05) is 11.5 Å². The van der Waals surface area contributed by atoms with Crippen molar-refractivity contribution in [3.8, 4) is 0 Å². The molecule has 0 saturated carbocycles. The number of rotatable bonds is 9. The number of aromatic nitrogens is 4. The molecule has 13 nitrogen and oxygen atoms in total. The van der Waals surface area contributed by atoms with Crippen molar-refractivity contribution in [3.63, 3.8) is 0 Å². The Hall–Kier alpha value is -3.11. The molecule has 2 aromatic rings. The highest BCUT2D eigenvalue weighted by Gasteiger charge is 2.54. The first-order valence-electron chi connectivity index (χ1n) is 10.8. The summed E-state index contributed by atoms with van der Waals surface area (Å²) in [5.41, 5.74) is 0.486. The Morgan fingerprint density at radius 3 is 2.69 bits per heavy atom. The van der Waals surface area contributed by atoms with Crippen molar-refractivity contribution < 1.29 is 24.3 Å². The summed E-state index contributed by atoms with van der Waals surface area (Å²) in [6.07, 6.45) is 0. The Morgan fingerprint density at radius 1 is 1.31 bits per heavy atom.